The molecule has 0 atom stereocenters. The molecule has 1 aliphatic rings. The van der Waals surface area contributed by atoms with Crippen LogP contribution in [0.25, 0.3) is 0 Å². The summed E-state index contributed by atoms with van der Waals surface area (Å²) < 4.78 is 5.29. The molecule has 148 valence electrons. The maximum Gasteiger partial charge on any atom is 0.289 e. The SMILES string of the molecule is Cc1ccc(C(=O)NCC(=O)NNC(=O)c2csc(N3CCOCC3)n2)cc1. The van der Waals surface area contributed by atoms with E-state index in [9.17, 15) is 14.4 Å². The average Bonchev–Trinajstić information content (AvgIpc) is 3.22. The van der Waals surface area contributed by atoms with Crippen molar-refractivity contribution in [2.24, 2.45) is 0 Å². The Morgan fingerprint density at radius 1 is 1.11 bits per heavy atom. The molecule has 9 nitrogen and oxygen atoms in total. The van der Waals surface area contributed by atoms with Crippen molar-refractivity contribution in [1.82, 2.24) is 21.2 Å². The molecule has 1 fully saturated rings. The number of carbonyl (C=O) groups is 3. The van der Waals surface area contributed by atoms with Gasteiger partial charge in [0.05, 0.1) is 19.8 Å². The minimum Gasteiger partial charge on any atom is -0.378 e. The molecular weight excluding hydrogens is 382 g/mol. The Balaban J connectivity index is 1.42. The number of aromatic nitrogens is 1. The van der Waals surface area contributed by atoms with Crippen molar-refractivity contribution in [2.45, 2.75) is 6.92 Å². The van der Waals surface area contributed by atoms with Gasteiger partial charge in [0.2, 0.25) is 0 Å². The van der Waals surface area contributed by atoms with Gasteiger partial charge < -0.3 is 15.0 Å². The molecule has 1 aliphatic heterocycles. The maximum atomic E-state index is 12.1. The van der Waals surface area contributed by atoms with Crippen molar-refractivity contribution >= 4 is 34.2 Å². The Hall–Kier alpha value is -2.98. The molecule has 3 amide bonds. The second-order valence-corrected chi connectivity index (χ2v) is 7.00. The lowest BCUT2D eigenvalue weighted by Gasteiger charge is -2.25. The summed E-state index contributed by atoms with van der Waals surface area (Å²) in [6.45, 7) is 4.38. The van der Waals surface area contributed by atoms with Crippen LogP contribution in [0.15, 0.2) is 29.6 Å². The van der Waals surface area contributed by atoms with E-state index in [4.69, 9.17) is 4.74 Å². The fourth-order valence-electron chi connectivity index (χ4n) is 2.47. The summed E-state index contributed by atoms with van der Waals surface area (Å²) in [6.07, 6.45) is 0. The third kappa shape index (κ3) is 5.27. The Kier molecular flexibility index (Phi) is 6.56. The Bertz CT molecular complexity index is 846. The highest BCUT2D eigenvalue weighted by atomic mass is 32.1. The number of anilines is 1. The molecule has 0 spiro atoms. The fraction of sp³-hybridized carbons (Fsp3) is 0.333. The highest BCUT2D eigenvalue weighted by Gasteiger charge is 2.18. The van der Waals surface area contributed by atoms with Crippen LogP contribution in [0.4, 0.5) is 5.13 Å². The zero-order chi connectivity index (χ0) is 19.9. The van der Waals surface area contributed by atoms with E-state index in [-0.39, 0.29) is 18.1 Å². The summed E-state index contributed by atoms with van der Waals surface area (Å²) in [4.78, 5) is 42.3. The van der Waals surface area contributed by atoms with Crippen LogP contribution in [0.2, 0.25) is 0 Å². The lowest BCUT2D eigenvalue weighted by molar-refractivity contribution is -0.120. The van der Waals surface area contributed by atoms with Crippen LogP contribution in [0.1, 0.15) is 26.4 Å². The van der Waals surface area contributed by atoms with Crippen LogP contribution in [0, 0.1) is 6.92 Å². The summed E-state index contributed by atoms with van der Waals surface area (Å²) >= 11 is 1.36. The first-order chi connectivity index (χ1) is 13.5. The number of benzene rings is 1. The maximum absolute atomic E-state index is 12.1. The van der Waals surface area contributed by atoms with Crippen LogP contribution in [0.5, 0.6) is 0 Å². The number of rotatable bonds is 5. The van der Waals surface area contributed by atoms with Gasteiger partial charge in [-0.05, 0) is 19.1 Å². The van der Waals surface area contributed by atoms with Gasteiger partial charge in [0, 0.05) is 24.0 Å². The monoisotopic (exact) mass is 403 g/mol. The van der Waals surface area contributed by atoms with Crippen molar-refractivity contribution in [1.29, 1.82) is 0 Å². The van der Waals surface area contributed by atoms with Crippen molar-refractivity contribution in [3.63, 3.8) is 0 Å². The van der Waals surface area contributed by atoms with Gasteiger partial charge in [-0.15, -0.1) is 11.3 Å². The number of thiazole rings is 1. The summed E-state index contributed by atoms with van der Waals surface area (Å²) in [6, 6.07) is 6.99. The van der Waals surface area contributed by atoms with E-state index in [0.717, 1.165) is 23.8 Å². The predicted octanol–water partition coefficient (Wildman–Crippen LogP) is 0.479. The van der Waals surface area contributed by atoms with Gasteiger partial charge in [-0.25, -0.2) is 4.98 Å². The molecule has 28 heavy (non-hydrogen) atoms. The lowest BCUT2D eigenvalue weighted by Crippen LogP contribution is -2.46. The van der Waals surface area contributed by atoms with Gasteiger partial charge in [0.25, 0.3) is 17.7 Å². The van der Waals surface area contributed by atoms with Crippen molar-refractivity contribution in [3.05, 3.63) is 46.5 Å². The van der Waals surface area contributed by atoms with E-state index in [2.05, 4.69) is 21.2 Å². The van der Waals surface area contributed by atoms with E-state index in [0.29, 0.717) is 18.8 Å². The van der Waals surface area contributed by atoms with Crippen molar-refractivity contribution < 1.29 is 19.1 Å². The number of nitrogens with zero attached hydrogens (tertiary/aromatic N) is 2. The molecule has 0 saturated carbocycles. The smallest absolute Gasteiger partial charge is 0.289 e. The largest absolute Gasteiger partial charge is 0.378 e. The standard InChI is InChI=1S/C18H21N5O4S/c1-12-2-4-13(5-3-12)16(25)19-10-15(24)21-22-17(26)14-11-28-18(20-14)23-6-8-27-9-7-23/h2-5,11H,6-10H2,1H3,(H,19,25)(H,21,24)(H,22,26). The molecule has 1 aromatic carbocycles. The molecule has 3 N–H and O–H groups in total. The Morgan fingerprint density at radius 2 is 1.82 bits per heavy atom. The number of hydrazine groups is 1. The number of nitrogens with one attached hydrogen (secondary N) is 3. The first-order valence-electron chi connectivity index (χ1n) is 8.75. The zero-order valence-corrected chi connectivity index (χ0v) is 16.2. The van der Waals surface area contributed by atoms with E-state index in [1.807, 2.05) is 24.0 Å². The average molecular weight is 403 g/mol. The number of amides is 3. The van der Waals surface area contributed by atoms with Gasteiger partial charge in [-0.2, -0.15) is 0 Å². The van der Waals surface area contributed by atoms with E-state index in [1.165, 1.54) is 11.3 Å². The quantitative estimate of drug-likeness (QED) is 0.626. The van der Waals surface area contributed by atoms with Crippen molar-refractivity contribution in [2.75, 3.05) is 37.7 Å². The normalized spacial score (nSPS) is 13.7. The Morgan fingerprint density at radius 3 is 2.54 bits per heavy atom. The minimum absolute atomic E-state index is 0.218. The first kappa shape index (κ1) is 19.8. The van der Waals surface area contributed by atoms with Crippen LogP contribution in [-0.4, -0.2) is 55.6 Å². The number of hydrogen-bond donors (Lipinski definition) is 3. The second kappa shape index (κ2) is 9.29. The van der Waals surface area contributed by atoms with Crippen molar-refractivity contribution in [3.8, 4) is 0 Å². The number of aryl methyl sites for hydroxylation is 1. The minimum atomic E-state index is -0.544. The fourth-order valence-corrected chi connectivity index (χ4v) is 3.33. The molecule has 10 heteroatoms. The predicted molar refractivity (Wildman–Crippen MR) is 104 cm³/mol. The molecular formula is C18H21N5O4S. The molecule has 0 aliphatic carbocycles. The molecule has 2 aromatic rings. The topological polar surface area (TPSA) is 113 Å². The second-order valence-electron chi connectivity index (χ2n) is 6.17. The number of carbonyl (C=O) groups excluding carboxylic acids is 3. The summed E-state index contributed by atoms with van der Waals surface area (Å²) in [5.41, 5.74) is 6.28. The van der Waals surface area contributed by atoms with E-state index >= 15 is 0 Å². The molecule has 1 aromatic heterocycles. The van der Waals surface area contributed by atoms with Crippen LogP contribution >= 0.6 is 11.3 Å². The molecule has 0 unspecified atom stereocenters. The number of morpholine rings is 1. The highest BCUT2D eigenvalue weighted by Crippen LogP contribution is 2.21. The molecule has 1 saturated heterocycles. The third-order valence-electron chi connectivity index (χ3n) is 4.05. The molecule has 0 bridgehead atoms. The highest BCUT2D eigenvalue weighted by molar-refractivity contribution is 7.13. The molecule has 0 radical (unpaired) electrons. The summed E-state index contributed by atoms with van der Waals surface area (Å²) in [7, 11) is 0. The lowest BCUT2D eigenvalue weighted by atomic mass is 10.1. The van der Waals surface area contributed by atoms with Crippen LogP contribution in [-0.2, 0) is 9.53 Å². The third-order valence-corrected chi connectivity index (χ3v) is 4.95. The van der Waals surface area contributed by atoms with Crippen LogP contribution < -0.4 is 21.1 Å². The van der Waals surface area contributed by atoms with Gasteiger partial charge in [-0.1, -0.05) is 17.7 Å². The summed E-state index contributed by atoms with van der Waals surface area (Å²) in [5.74, 6) is -1.43. The zero-order valence-electron chi connectivity index (χ0n) is 15.4. The summed E-state index contributed by atoms with van der Waals surface area (Å²) in [5, 5.41) is 4.87. The Labute approximate surface area is 166 Å². The van der Waals surface area contributed by atoms with Crippen LogP contribution in [0.3, 0.4) is 0 Å². The number of hydrogen-bond acceptors (Lipinski definition) is 7. The van der Waals surface area contributed by atoms with Gasteiger partial charge in [-0.3, -0.25) is 25.2 Å². The molecule has 3 rings (SSSR count). The molecule has 2 heterocycles. The first-order valence-corrected chi connectivity index (χ1v) is 9.63. The number of ether oxygens (including phenoxy) is 1. The van der Waals surface area contributed by atoms with Gasteiger partial charge in [0.15, 0.2) is 5.13 Å². The van der Waals surface area contributed by atoms with E-state index < -0.39 is 11.8 Å². The van der Waals surface area contributed by atoms with E-state index in [1.54, 1.807) is 17.5 Å². The van der Waals surface area contributed by atoms with Gasteiger partial charge in [0.1, 0.15) is 5.69 Å². The van der Waals surface area contributed by atoms with Gasteiger partial charge >= 0.3 is 0 Å².